The number of ketones is 1. The van der Waals surface area contributed by atoms with Crippen LogP contribution in [-0.4, -0.2) is 15.9 Å². The van der Waals surface area contributed by atoms with Crippen LogP contribution in [0.15, 0.2) is 76.9 Å². The van der Waals surface area contributed by atoms with E-state index in [0.29, 0.717) is 0 Å². The van der Waals surface area contributed by atoms with Gasteiger partial charge in [0.15, 0.2) is 11.4 Å². The number of aliphatic hydroxyl groups excluding tert-OH is 1. The predicted octanol–water partition coefficient (Wildman–Crippen LogP) is 7.60. The Morgan fingerprint density at radius 1 is 1.03 bits per heavy atom. The molecule has 1 radical (unpaired) electrons. The third kappa shape index (κ3) is 7.24. The first kappa shape index (κ1) is 27.2. The van der Waals surface area contributed by atoms with Crippen LogP contribution in [0.25, 0.3) is 33.7 Å². The average Bonchev–Trinajstić information content (AvgIpc) is 3.16. The van der Waals surface area contributed by atoms with Crippen molar-refractivity contribution in [1.29, 1.82) is 0 Å². The summed E-state index contributed by atoms with van der Waals surface area (Å²) >= 11 is 0. The number of furan rings is 1. The maximum Gasteiger partial charge on any atom is 0.155 e. The van der Waals surface area contributed by atoms with Crippen LogP contribution in [0.5, 0.6) is 0 Å². The van der Waals surface area contributed by atoms with Gasteiger partial charge in [0, 0.05) is 37.8 Å². The number of fused-ring (bicyclic) bond motifs is 1. The van der Waals surface area contributed by atoms with Crippen LogP contribution in [0.3, 0.4) is 0 Å². The molecule has 4 rings (SSSR count). The molecule has 179 valence electrons. The number of allylic oxidation sites excluding steroid dienone is 2. The van der Waals surface area contributed by atoms with Crippen molar-refractivity contribution in [3.05, 3.63) is 89.7 Å². The van der Waals surface area contributed by atoms with E-state index in [1.54, 1.807) is 0 Å². The molecule has 0 aliphatic carbocycles. The van der Waals surface area contributed by atoms with Gasteiger partial charge in [0.25, 0.3) is 0 Å². The molecule has 0 fully saturated rings. The predicted molar refractivity (Wildman–Crippen MR) is 134 cm³/mol. The van der Waals surface area contributed by atoms with Gasteiger partial charge >= 0.3 is 0 Å². The SMILES string of the molecule is CC(=O)/C=C(/C)O.Cc1[c-]c(-c2ccc3oc(-c4ccccc4)cc3n2)cc(C(C)(C)C)c1.[Ir]. The van der Waals surface area contributed by atoms with E-state index in [-0.39, 0.29) is 37.1 Å². The second-order valence-electron chi connectivity index (χ2n) is 9.17. The Kier molecular flexibility index (Phi) is 9.14. The number of carbonyl (C=O) groups excluding carboxylic acids is 1. The number of nitrogens with zero attached hydrogens (tertiary/aromatic N) is 1. The molecule has 0 aliphatic heterocycles. The van der Waals surface area contributed by atoms with Gasteiger partial charge in [0.2, 0.25) is 0 Å². The summed E-state index contributed by atoms with van der Waals surface area (Å²) < 4.78 is 5.97. The maximum atomic E-state index is 10.0. The summed E-state index contributed by atoms with van der Waals surface area (Å²) in [5, 5.41) is 8.36. The van der Waals surface area contributed by atoms with Crippen molar-refractivity contribution < 1.29 is 34.4 Å². The van der Waals surface area contributed by atoms with E-state index >= 15 is 0 Å². The Morgan fingerprint density at radius 2 is 1.71 bits per heavy atom. The van der Waals surface area contributed by atoms with E-state index in [0.717, 1.165) is 39.2 Å². The maximum absolute atomic E-state index is 10.0. The van der Waals surface area contributed by atoms with Crippen LogP contribution in [0.1, 0.15) is 45.7 Å². The Bertz CT molecular complexity index is 1290. The molecule has 5 heteroatoms. The monoisotopic (exact) mass is 633 g/mol. The minimum absolute atomic E-state index is 0. The largest absolute Gasteiger partial charge is 0.512 e. The Morgan fingerprint density at radius 3 is 2.26 bits per heavy atom. The zero-order valence-electron chi connectivity index (χ0n) is 20.4. The molecule has 0 saturated carbocycles. The topological polar surface area (TPSA) is 63.3 Å². The van der Waals surface area contributed by atoms with Crippen LogP contribution in [0, 0.1) is 13.0 Å². The quantitative estimate of drug-likeness (QED) is 0.144. The molecule has 0 aliphatic rings. The summed E-state index contributed by atoms with van der Waals surface area (Å²) in [4.78, 5) is 14.8. The minimum atomic E-state index is -0.125. The van der Waals surface area contributed by atoms with E-state index in [4.69, 9.17) is 14.5 Å². The van der Waals surface area contributed by atoms with Crippen molar-refractivity contribution in [2.24, 2.45) is 0 Å². The van der Waals surface area contributed by atoms with Gasteiger partial charge in [-0.2, -0.15) is 0 Å². The van der Waals surface area contributed by atoms with E-state index in [1.807, 2.05) is 48.5 Å². The first-order valence-electron chi connectivity index (χ1n) is 10.9. The standard InChI is InChI=1S/C24H22NO.C5H8O2.Ir/c1-16-12-18(14-19(13-16)24(2,3)4)20-10-11-22-21(25-20)15-23(26-22)17-8-6-5-7-9-17;1-4(6)3-5(2)7;/h5-11,13-15H,1-4H3;3,6H,1-2H3;/q-1;;/b;4-3-;. The number of aryl methyl sites for hydroxylation is 1. The molecular weight excluding hydrogens is 603 g/mol. The minimum Gasteiger partial charge on any atom is -0.512 e. The van der Waals surface area contributed by atoms with Crippen LogP contribution < -0.4 is 0 Å². The Labute approximate surface area is 215 Å². The van der Waals surface area contributed by atoms with Crippen molar-refractivity contribution in [1.82, 2.24) is 4.98 Å². The fraction of sp³-hybridized carbons (Fsp3) is 0.241. The van der Waals surface area contributed by atoms with Crippen molar-refractivity contribution in [3.8, 4) is 22.6 Å². The number of aliphatic hydroxyl groups is 1. The summed E-state index contributed by atoms with van der Waals surface area (Å²) in [5.74, 6) is 0.779. The van der Waals surface area contributed by atoms with Crippen LogP contribution in [0.4, 0.5) is 0 Å². The number of carbonyl (C=O) groups is 1. The van der Waals surface area contributed by atoms with Crippen molar-refractivity contribution in [2.75, 3.05) is 0 Å². The zero-order chi connectivity index (χ0) is 24.2. The van der Waals surface area contributed by atoms with Gasteiger partial charge in [-0.1, -0.05) is 64.1 Å². The summed E-state index contributed by atoms with van der Waals surface area (Å²) in [7, 11) is 0. The first-order chi connectivity index (χ1) is 15.5. The molecule has 0 saturated heterocycles. The van der Waals surface area contributed by atoms with Crippen LogP contribution in [0.2, 0.25) is 0 Å². The molecule has 2 aromatic heterocycles. The summed E-state index contributed by atoms with van der Waals surface area (Å²) in [6, 6.07) is 24.0. The number of aromatic nitrogens is 1. The van der Waals surface area contributed by atoms with Crippen molar-refractivity contribution >= 4 is 16.9 Å². The van der Waals surface area contributed by atoms with Crippen molar-refractivity contribution in [2.45, 2.75) is 47.0 Å². The van der Waals surface area contributed by atoms with Crippen molar-refractivity contribution in [3.63, 3.8) is 0 Å². The molecular formula is C29H30IrNO3-. The number of hydrogen-bond acceptors (Lipinski definition) is 4. The van der Waals surface area contributed by atoms with Gasteiger partial charge in [-0.3, -0.25) is 9.78 Å². The normalized spacial score (nSPS) is 11.4. The number of benzene rings is 2. The molecule has 0 spiro atoms. The summed E-state index contributed by atoms with van der Waals surface area (Å²) in [6.45, 7) is 11.6. The number of hydrogen-bond donors (Lipinski definition) is 1. The van der Waals surface area contributed by atoms with Gasteiger partial charge in [-0.25, -0.2) is 0 Å². The van der Waals surface area contributed by atoms with E-state index in [1.165, 1.54) is 25.5 Å². The van der Waals surface area contributed by atoms with Crippen LogP contribution >= 0.6 is 0 Å². The molecule has 0 unspecified atom stereocenters. The molecule has 0 atom stereocenters. The Hall–Kier alpha value is -3.01. The number of pyridine rings is 1. The molecule has 1 N–H and O–H groups in total. The van der Waals surface area contributed by atoms with Gasteiger partial charge < -0.3 is 9.52 Å². The molecule has 34 heavy (non-hydrogen) atoms. The molecule has 0 bridgehead atoms. The Balaban J connectivity index is 0.000000449. The zero-order valence-corrected chi connectivity index (χ0v) is 22.8. The van der Waals surface area contributed by atoms with E-state index in [2.05, 4.69) is 45.9 Å². The first-order valence-corrected chi connectivity index (χ1v) is 10.9. The van der Waals surface area contributed by atoms with E-state index in [9.17, 15) is 4.79 Å². The van der Waals surface area contributed by atoms with Gasteiger partial charge in [-0.05, 0) is 31.0 Å². The van der Waals surface area contributed by atoms with E-state index < -0.39 is 0 Å². The third-order valence-corrected chi connectivity index (χ3v) is 4.99. The second-order valence-corrected chi connectivity index (χ2v) is 9.17. The number of rotatable bonds is 3. The van der Waals surface area contributed by atoms with Gasteiger partial charge in [0.1, 0.15) is 5.76 Å². The summed E-state index contributed by atoms with van der Waals surface area (Å²) in [6.07, 6.45) is 1.17. The molecule has 0 amide bonds. The molecule has 2 heterocycles. The van der Waals surface area contributed by atoms with Crippen LogP contribution in [-0.2, 0) is 30.3 Å². The second kappa shape index (κ2) is 11.4. The van der Waals surface area contributed by atoms with Gasteiger partial charge in [-0.15, -0.1) is 34.9 Å². The fourth-order valence-corrected chi connectivity index (χ4v) is 3.40. The molecule has 2 aromatic carbocycles. The molecule has 4 nitrogen and oxygen atoms in total. The summed E-state index contributed by atoms with van der Waals surface area (Å²) in [5.41, 5.74) is 7.20. The molecule has 4 aromatic rings. The average molecular weight is 633 g/mol. The van der Waals surface area contributed by atoms with Gasteiger partial charge in [0.05, 0.1) is 11.3 Å². The third-order valence-electron chi connectivity index (χ3n) is 4.99. The smallest absolute Gasteiger partial charge is 0.155 e. The fourth-order valence-electron chi connectivity index (χ4n) is 3.40.